The van der Waals surface area contributed by atoms with Crippen molar-refractivity contribution < 1.29 is 22.7 Å². The summed E-state index contributed by atoms with van der Waals surface area (Å²) in [7, 11) is 0. The van der Waals surface area contributed by atoms with Gasteiger partial charge in [0.2, 0.25) is 0 Å². The summed E-state index contributed by atoms with van der Waals surface area (Å²) in [5.74, 6) is 0. The van der Waals surface area contributed by atoms with E-state index in [1.807, 2.05) is 0 Å². The first-order valence-corrected chi connectivity index (χ1v) is 2.26. The first-order valence-electron chi connectivity index (χ1n) is 2.26. The lowest BCUT2D eigenvalue weighted by Crippen LogP contribution is -2.20. The highest BCUT2D eigenvalue weighted by Gasteiger charge is 2.30. The van der Waals surface area contributed by atoms with Crippen LogP contribution in [-0.4, -0.2) is 24.1 Å². The van der Waals surface area contributed by atoms with Gasteiger partial charge >= 0.3 is 6.18 Å². The molecule has 0 rings (SSSR count). The number of hydrogen-bond donors (Lipinski definition) is 1. The zero-order valence-corrected chi connectivity index (χ0v) is 4.45. The quantitative estimate of drug-likeness (QED) is 0.581. The van der Waals surface area contributed by atoms with Crippen molar-refractivity contribution in [3.8, 4) is 0 Å². The van der Waals surface area contributed by atoms with Gasteiger partial charge in [0.15, 0.2) is 0 Å². The Hall–Kier alpha value is -0.320. The van der Waals surface area contributed by atoms with Crippen LogP contribution in [0.2, 0.25) is 0 Å². The molecule has 0 fully saturated rings. The van der Waals surface area contributed by atoms with Crippen molar-refractivity contribution in [3.05, 3.63) is 0 Å². The molecule has 56 valence electrons. The van der Waals surface area contributed by atoms with Gasteiger partial charge in [-0.2, -0.15) is 13.2 Å². The average Bonchev–Trinajstić information content (AvgIpc) is 1.62. The Morgan fingerprint density at radius 2 is 1.78 bits per heavy atom. The smallest absolute Gasteiger partial charge is 0.390 e. The van der Waals surface area contributed by atoms with Crippen LogP contribution in [0.25, 0.3) is 0 Å². The molecule has 0 aromatic carbocycles. The molecule has 0 heterocycles. The van der Waals surface area contributed by atoms with Crippen LogP contribution >= 0.6 is 0 Å². The molecular formula is C4H6F4O. The summed E-state index contributed by atoms with van der Waals surface area (Å²) in [6, 6.07) is 0. The molecule has 0 bridgehead atoms. The molecule has 1 unspecified atom stereocenters. The Kier molecular flexibility index (Phi) is 2.90. The van der Waals surface area contributed by atoms with Crippen molar-refractivity contribution in [2.45, 2.75) is 18.7 Å². The summed E-state index contributed by atoms with van der Waals surface area (Å²) in [6.45, 7) is -1.35. The van der Waals surface area contributed by atoms with Gasteiger partial charge in [-0.25, -0.2) is 4.39 Å². The molecule has 1 nitrogen and oxygen atoms in total. The van der Waals surface area contributed by atoms with Gasteiger partial charge in [0.25, 0.3) is 0 Å². The Labute approximate surface area is 49.3 Å². The molecule has 0 saturated heterocycles. The van der Waals surface area contributed by atoms with Gasteiger partial charge < -0.3 is 5.11 Å². The van der Waals surface area contributed by atoms with E-state index in [1.54, 1.807) is 0 Å². The van der Waals surface area contributed by atoms with Gasteiger partial charge in [-0.05, 0) is 0 Å². The van der Waals surface area contributed by atoms with Gasteiger partial charge in [0, 0.05) is 0 Å². The highest BCUT2D eigenvalue weighted by Crippen LogP contribution is 2.21. The molecule has 0 spiro atoms. The fourth-order valence-electron chi connectivity index (χ4n) is 0.322. The lowest BCUT2D eigenvalue weighted by molar-refractivity contribution is -0.154. The topological polar surface area (TPSA) is 20.2 Å². The Balaban J connectivity index is 3.47. The number of aliphatic hydroxyl groups is 1. The maximum absolute atomic E-state index is 11.2. The van der Waals surface area contributed by atoms with Crippen molar-refractivity contribution in [1.29, 1.82) is 0 Å². The summed E-state index contributed by atoms with van der Waals surface area (Å²) in [5, 5.41) is 8.10. The van der Waals surface area contributed by atoms with Crippen molar-refractivity contribution in [2.75, 3.05) is 6.67 Å². The number of alkyl halides is 4. The minimum Gasteiger partial charge on any atom is -0.390 e. The van der Waals surface area contributed by atoms with Crippen molar-refractivity contribution >= 4 is 0 Å². The number of rotatable bonds is 2. The predicted molar refractivity (Wildman–Crippen MR) is 22.7 cm³/mol. The van der Waals surface area contributed by atoms with Crippen LogP contribution < -0.4 is 0 Å². The van der Waals surface area contributed by atoms with E-state index in [2.05, 4.69) is 0 Å². The minimum atomic E-state index is -4.47. The Bertz CT molecular complexity index is 79.1. The third-order valence-corrected chi connectivity index (χ3v) is 0.645. The van der Waals surface area contributed by atoms with Crippen LogP contribution in [-0.2, 0) is 0 Å². The predicted octanol–water partition coefficient (Wildman–Crippen LogP) is 1.27. The summed E-state index contributed by atoms with van der Waals surface area (Å²) in [5.41, 5.74) is 0. The second-order valence-corrected chi connectivity index (χ2v) is 1.63. The van der Waals surface area contributed by atoms with Crippen LogP contribution in [0.1, 0.15) is 6.42 Å². The van der Waals surface area contributed by atoms with Gasteiger partial charge in [-0.1, -0.05) is 0 Å². The second kappa shape index (κ2) is 3.00. The molecular weight excluding hydrogens is 140 g/mol. The monoisotopic (exact) mass is 146 g/mol. The molecule has 0 amide bonds. The first-order chi connectivity index (χ1) is 3.95. The summed E-state index contributed by atoms with van der Waals surface area (Å²) < 4.78 is 44.7. The molecule has 1 N–H and O–H groups in total. The van der Waals surface area contributed by atoms with Gasteiger partial charge in [-0.3, -0.25) is 0 Å². The summed E-state index contributed by atoms with van der Waals surface area (Å²) >= 11 is 0. The molecule has 0 aliphatic rings. The standard InChI is InChI=1S/C4H6F4O/c5-2-3(9)1-4(6,7)8/h3,9H,1-2H2. The first kappa shape index (κ1) is 8.68. The third kappa shape index (κ3) is 5.55. The van der Waals surface area contributed by atoms with Gasteiger partial charge in [0.05, 0.1) is 12.5 Å². The van der Waals surface area contributed by atoms with Crippen molar-refractivity contribution in [1.82, 2.24) is 0 Å². The minimum absolute atomic E-state index is 1.35. The normalized spacial score (nSPS) is 15.7. The van der Waals surface area contributed by atoms with Crippen LogP contribution in [0.15, 0.2) is 0 Å². The lowest BCUT2D eigenvalue weighted by Gasteiger charge is -2.08. The third-order valence-electron chi connectivity index (χ3n) is 0.645. The van der Waals surface area contributed by atoms with E-state index in [4.69, 9.17) is 5.11 Å². The number of aliphatic hydroxyl groups excluding tert-OH is 1. The zero-order chi connectivity index (χ0) is 7.49. The fourth-order valence-corrected chi connectivity index (χ4v) is 0.322. The maximum atomic E-state index is 11.2. The summed E-state index contributed by atoms with van der Waals surface area (Å²) in [4.78, 5) is 0. The molecule has 9 heavy (non-hydrogen) atoms. The maximum Gasteiger partial charge on any atom is 0.391 e. The SMILES string of the molecule is OC(CF)CC(F)(F)F. The molecule has 0 saturated carbocycles. The van der Waals surface area contributed by atoms with E-state index in [-0.39, 0.29) is 0 Å². The van der Waals surface area contributed by atoms with Gasteiger partial charge in [-0.15, -0.1) is 0 Å². The molecule has 0 aromatic heterocycles. The molecule has 0 radical (unpaired) electrons. The zero-order valence-electron chi connectivity index (χ0n) is 4.45. The van der Waals surface area contributed by atoms with Crippen LogP contribution in [0.3, 0.4) is 0 Å². The Morgan fingerprint density at radius 1 is 1.33 bits per heavy atom. The number of hydrogen-bond acceptors (Lipinski definition) is 1. The van der Waals surface area contributed by atoms with Crippen LogP contribution in [0.4, 0.5) is 17.6 Å². The van der Waals surface area contributed by atoms with Crippen molar-refractivity contribution in [2.24, 2.45) is 0 Å². The Morgan fingerprint density at radius 3 is 1.89 bits per heavy atom. The molecule has 0 aliphatic heterocycles. The fraction of sp³-hybridized carbons (Fsp3) is 1.00. The van der Waals surface area contributed by atoms with E-state index in [0.29, 0.717) is 0 Å². The van der Waals surface area contributed by atoms with E-state index >= 15 is 0 Å². The van der Waals surface area contributed by atoms with Crippen LogP contribution in [0, 0.1) is 0 Å². The number of halogens is 4. The highest BCUT2D eigenvalue weighted by atomic mass is 19.4. The van der Waals surface area contributed by atoms with Crippen LogP contribution in [0.5, 0.6) is 0 Å². The highest BCUT2D eigenvalue weighted by molar-refractivity contribution is 4.59. The van der Waals surface area contributed by atoms with Gasteiger partial charge in [0.1, 0.15) is 6.67 Å². The van der Waals surface area contributed by atoms with Crippen molar-refractivity contribution in [3.63, 3.8) is 0 Å². The van der Waals surface area contributed by atoms with E-state index in [0.717, 1.165) is 0 Å². The van der Waals surface area contributed by atoms with E-state index < -0.39 is 25.4 Å². The van der Waals surface area contributed by atoms with E-state index in [9.17, 15) is 17.6 Å². The molecule has 0 aromatic rings. The molecule has 0 aliphatic carbocycles. The summed E-state index contributed by atoms with van der Waals surface area (Å²) in [6.07, 6.45) is -7.83. The average molecular weight is 146 g/mol. The molecule has 5 heteroatoms. The largest absolute Gasteiger partial charge is 0.391 e. The second-order valence-electron chi connectivity index (χ2n) is 1.63. The lowest BCUT2D eigenvalue weighted by atomic mass is 10.3. The molecule has 1 atom stereocenters. The van der Waals surface area contributed by atoms with E-state index in [1.165, 1.54) is 0 Å².